The number of nitrogens with two attached hydrogens (primary N) is 1. The van der Waals surface area contributed by atoms with Gasteiger partial charge in [0.05, 0.1) is 16.1 Å². The van der Waals surface area contributed by atoms with E-state index in [1.165, 1.54) is 12.1 Å². The molecule has 1 rings (SSSR count). The normalized spacial score (nSPS) is 12.0. The highest BCUT2D eigenvalue weighted by Crippen LogP contribution is 2.29. The second kappa shape index (κ2) is 5.87. The van der Waals surface area contributed by atoms with E-state index in [2.05, 4.69) is 6.58 Å². The van der Waals surface area contributed by atoms with Crippen LogP contribution in [0.2, 0.25) is 0 Å². The van der Waals surface area contributed by atoms with Gasteiger partial charge < -0.3 is 10.0 Å². The summed E-state index contributed by atoms with van der Waals surface area (Å²) in [6, 6.07) is 3.84. The van der Waals surface area contributed by atoms with Gasteiger partial charge in [0.1, 0.15) is 0 Å². The number of aromatic carboxylic acids is 1. The van der Waals surface area contributed by atoms with E-state index in [0.29, 0.717) is 12.2 Å². The van der Waals surface area contributed by atoms with Gasteiger partial charge in [-0.2, -0.15) is 0 Å². The van der Waals surface area contributed by atoms with Crippen LogP contribution >= 0.6 is 0 Å². The highest BCUT2D eigenvalue weighted by Gasteiger charge is 2.26. The van der Waals surface area contributed by atoms with Crippen LogP contribution in [0.3, 0.4) is 0 Å². The zero-order valence-electron chi connectivity index (χ0n) is 12.3. The number of carboxylic acid groups (broad SMARTS) is 1. The molecule has 7 heteroatoms. The number of benzene rings is 1. The van der Waals surface area contributed by atoms with E-state index in [4.69, 9.17) is 5.14 Å². The van der Waals surface area contributed by atoms with Crippen LogP contribution in [0.5, 0.6) is 0 Å². The molecule has 0 fully saturated rings. The van der Waals surface area contributed by atoms with Crippen LogP contribution < -0.4 is 10.0 Å². The molecule has 0 spiro atoms. The molecular formula is C14H20N2O4S. The molecule has 0 aliphatic rings. The molecular weight excluding hydrogens is 292 g/mol. The monoisotopic (exact) mass is 312 g/mol. The molecule has 0 saturated heterocycles. The third-order valence-electron chi connectivity index (χ3n) is 2.94. The molecule has 6 nitrogen and oxygen atoms in total. The Labute approximate surface area is 124 Å². The molecule has 0 bridgehead atoms. The summed E-state index contributed by atoms with van der Waals surface area (Å²) >= 11 is 0. The first-order valence-corrected chi connectivity index (χ1v) is 7.82. The van der Waals surface area contributed by atoms with E-state index in [9.17, 15) is 18.3 Å². The Bertz CT molecular complexity index is 660. The van der Waals surface area contributed by atoms with Crippen molar-refractivity contribution in [1.82, 2.24) is 0 Å². The number of carbonyl (C=O) groups is 1. The fraction of sp³-hybridized carbons (Fsp3) is 0.357. The highest BCUT2D eigenvalue weighted by atomic mass is 32.2. The number of sulfonamides is 1. The summed E-state index contributed by atoms with van der Waals surface area (Å²) in [4.78, 5) is 13.1. The van der Waals surface area contributed by atoms with E-state index in [-0.39, 0.29) is 16.0 Å². The molecule has 0 saturated carbocycles. The van der Waals surface area contributed by atoms with Crippen LogP contribution in [-0.4, -0.2) is 31.6 Å². The Balaban J connectivity index is 3.55. The third-order valence-corrected chi connectivity index (χ3v) is 3.85. The topological polar surface area (TPSA) is 101 Å². The van der Waals surface area contributed by atoms with Crippen LogP contribution in [0.15, 0.2) is 35.7 Å². The van der Waals surface area contributed by atoms with Crippen LogP contribution in [-0.2, 0) is 10.0 Å². The van der Waals surface area contributed by atoms with E-state index in [1.807, 2.05) is 25.7 Å². The third kappa shape index (κ3) is 4.05. The maximum Gasteiger partial charge on any atom is 0.337 e. The first kappa shape index (κ1) is 17.2. The molecule has 0 aromatic heterocycles. The number of carboxylic acids is 1. The Kier molecular flexibility index (Phi) is 4.80. The molecule has 0 heterocycles. The van der Waals surface area contributed by atoms with Crippen molar-refractivity contribution in [3.8, 4) is 0 Å². The predicted octanol–water partition coefficient (Wildman–Crippen LogP) is 1.82. The average molecular weight is 312 g/mol. The van der Waals surface area contributed by atoms with Crippen molar-refractivity contribution in [2.75, 3.05) is 11.4 Å². The largest absolute Gasteiger partial charge is 0.478 e. The van der Waals surface area contributed by atoms with Gasteiger partial charge in [0.2, 0.25) is 10.0 Å². The zero-order chi connectivity index (χ0) is 16.4. The number of nitrogens with zero attached hydrogens (tertiary/aromatic N) is 1. The van der Waals surface area contributed by atoms with Crippen molar-refractivity contribution in [2.24, 2.45) is 5.14 Å². The first-order valence-electron chi connectivity index (χ1n) is 6.27. The lowest BCUT2D eigenvalue weighted by molar-refractivity contribution is 0.0697. The predicted molar refractivity (Wildman–Crippen MR) is 82.1 cm³/mol. The van der Waals surface area contributed by atoms with Gasteiger partial charge in [-0.1, -0.05) is 6.08 Å². The number of primary sulfonamides is 1. The molecule has 116 valence electrons. The summed E-state index contributed by atoms with van der Waals surface area (Å²) in [7, 11) is -3.95. The number of hydrogen-bond acceptors (Lipinski definition) is 4. The Morgan fingerprint density at radius 3 is 2.38 bits per heavy atom. The zero-order valence-corrected chi connectivity index (χ0v) is 13.1. The molecule has 0 atom stereocenters. The van der Waals surface area contributed by atoms with Crippen molar-refractivity contribution < 1.29 is 18.3 Å². The second-order valence-electron chi connectivity index (χ2n) is 5.60. The van der Waals surface area contributed by atoms with Crippen LogP contribution in [0.4, 0.5) is 5.69 Å². The molecule has 0 radical (unpaired) electrons. The minimum atomic E-state index is -3.95. The van der Waals surface area contributed by atoms with Crippen molar-refractivity contribution in [2.45, 2.75) is 31.2 Å². The Morgan fingerprint density at radius 2 is 2.00 bits per heavy atom. The fourth-order valence-electron chi connectivity index (χ4n) is 1.96. The van der Waals surface area contributed by atoms with E-state index >= 15 is 0 Å². The summed E-state index contributed by atoms with van der Waals surface area (Å²) in [5.41, 5.74) is -0.0535. The molecule has 21 heavy (non-hydrogen) atoms. The summed E-state index contributed by atoms with van der Waals surface area (Å²) in [5, 5.41) is 14.4. The minimum absolute atomic E-state index is 0.113. The standard InChI is InChI=1S/C14H20N2O4S/c1-5-8-16(14(2,3)4)12-7-6-10(21(15,19)20)9-11(12)13(17)18/h5-7,9H,1,8H2,2-4H3,(H,17,18)(H2,15,19,20). The highest BCUT2D eigenvalue weighted by molar-refractivity contribution is 7.89. The second-order valence-corrected chi connectivity index (χ2v) is 7.16. The average Bonchev–Trinajstić information content (AvgIpc) is 2.32. The van der Waals surface area contributed by atoms with Gasteiger partial charge in [-0.15, -0.1) is 6.58 Å². The van der Waals surface area contributed by atoms with E-state index in [0.717, 1.165) is 6.07 Å². The maximum atomic E-state index is 11.4. The quantitative estimate of drug-likeness (QED) is 0.808. The molecule has 1 aromatic rings. The minimum Gasteiger partial charge on any atom is -0.478 e. The molecule has 0 aliphatic heterocycles. The smallest absolute Gasteiger partial charge is 0.337 e. The van der Waals surface area contributed by atoms with Gasteiger partial charge in [-0.05, 0) is 39.0 Å². The summed E-state index contributed by atoms with van der Waals surface area (Å²) in [6.07, 6.45) is 1.66. The Morgan fingerprint density at radius 1 is 1.43 bits per heavy atom. The lowest BCUT2D eigenvalue weighted by Crippen LogP contribution is -2.42. The number of anilines is 1. The number of rotatable bonds is 5. The molecule has 3 N–H and O–H groups in total. The van der Waals surface area contributed by atoms with Crippen LogP contribution in [0, 0.1) is 0 Å². The van der Waals surface area contributed by atoms with Crippen molar-refractivity contribution in [3.05, 3.63) is 36.4 Å². The van der Waals surface area contributed by atoms with Crippen LogP contribution in [0.1, 0.15) is 31.1 Å². The fourth-order valence-corrected chi connectivity index (χ4v) is 2.50. The van der Waals surface area contributed by atoms with Gasteiger partial charge in [-0.25, -0.2) is 18.4 Å². The van der Waals surface area contributed by atoms with Gasteiger partial charge in [0, 0.05) is 12.1 Å². The summed E-state index contributed by atoms with van der Waals surface area (Å²) in [6.45, 7) is 9.87. The lowest BCUT2D eigenvalue weighted by atomic mass is 10.0. The van der Waals surface area contributed by atoms with Gasteiger partial charge in [0.15, 0.2) is 0 Å². The molecule has 0 amide bonds. The number of hydrogen-bond donors (Lipinski definition) is 2. The van der Waals surface area contributed by atoms with Crippen molar-refractivity contribution in [3.63, 3.8) is 0 Å². The molecule has 0 aliphatic carbocycles. The van der Waals surface area contributed by atoms with Crippen LogP contribution in [0.25, 0.3) is 0 Å². The lowest BCUT2D eigenvalue weighted by Gasteiger charge is -2.37. The summed E-state index contributed by atoms with van der Waals surface area (Å²) < 4.78 is 22.7. The van der Waals surface area contributed by atoms with Gasteiger partial charge in [0.25, 0.3) is 0 Å². The first-order chi connectivity index (χ1) is 9.48. The Hall–Kier alpha value is -1.86. The molecule has 0 unspecified atom stereocenters. The molecule has 1 aromatic carbocycles. The van der Waals surface area contributed by atoms with E-state index in [1.54, 1.807) is 6.08 Å². The summed E-state index contributed by atoms with van der Waals surface area (Å²) in [5.74, 6) is -1.21. The maximum absolute atomic E-state index is 11.4. The SMILES string of the molecule is C=CCN(c1ccc(S(N)(=O)=O)cc1C(=O)O)C(C)(C)C. The van der Waals surface area contributed by atoms with Gasteiger partial charge >= 0.3 is 5.97 Å². The van der Waals surface area contributed by atoms with E-state index < -0.39 is 16.0 Å². The van der Waals surface area contributed by atoms with Crippen molar-refractivity contribution in [1.29, 1.82) is 0 Å². The van der Waals surface area contributed by atoms with Crippen molar-refractivity contribution >= 4 is 21.7 Å². The van der Waals surface area contributed by atoms with Gasteiger partial charge in [-0.3, -0.25) is 0 Å².